The van der Waals surface area contributed by atoms with Crippen LogP contribution in [0.2, 0.25) is 0 Å². The Bertz CT molecular complexity index is 493. The van der Waals surface area contributed by atoms with E-state index in [0.717, 1.165) is 25.7 Å². The van der Waals surface area contributed by atoms with Crippen molar-refractivity contribution in [3.05, 3.63) is 34.9 Å². The van der Waals surface area contributed by atoms with Crippen molar-refractivity contribution in [2.45, 2.75) is 78.1 Å². The van der Waals surface area contributed by atoms with Crippen LogP contribution in [0.1, 0.15) is 77.5 Å². The van der Waals surface area contributed by atoms with Gasteiger partial charge in [0.2, 0.25) is 0 Å². The van der Waals surface area contributed by atoms with Crippen LogP contribution in [0.3, 0.4) is 0 Å². The first kappa shape index (κ1) is 16.3. The number of carbonyl (C=O) groups is 1. The Morgan fingerprint density at radius 3 is 1.86 bits per heavy atom. The van der Waals surface area contributed by atoms with Gasteiger partial charge >= 0.3 is 0 Å². The summed E-state index contributed by atoms with van der Waals surface area (Å²) in [6, 6.07) is 6.99. The molecule has 2 rings (SSSR count). The summed E-state index contributed by atoms with van der Waals surface area (Å²) in [6.45, 7) is 13.6. The number of hydrogen-bond acceptors (Lipinski definition) is 1. The normalized spacial score (nSPS) is 20.1. The van der Waals surface area contributed by atoms with Gasteiger partial charge in [-0.15, -0.1) is 0 Å². The number of hydrogen-bond donors (Lipinski definition) is 0. The molecule has 1 saturated carbocycles. The molecule has 1 aliphatic carbocycles. The van der Waals surface area contributed by atoms with Crippen LogP contribution in [0.15, 0.2) is 18.2 Å². The van der Waals surface area contributed by atoms with Gasteiger partial charge in [0, 0.05) is 12.3 Å². The second-order valence-electron chi connectivity index (χ2n) is 8.68. The van der Waals surface area contributed by atoms with Gasteiger partial charge in [-0.1, -0.05) is 59.7 Å². The van der Waals surface area contributed by atoms with Crippen molar-refractivity contribution in [2.24, 2.45) is 5.92 Å². The fraction of sp³-hybridized carbons (Fsp3) is 0.650. The van der Waals surface area contributed by atoms with Gasteiger partial charge in [-0.05, 0) is 46.8 Å². The van der Waals surface area contributed by atoms with Gasteiger partial charge in [0.25, 0.3) is 0 Å². The topological polar surface area (TPSA) is 17.1 Å². The van der Waals surface area contributed by atoms with E-state index in [2.05, 4.69) is 59.7 Å². The Morgan fingerprint density at radius 1 is 0.952 bits per heavy atom. The molecule has 1 atom stereocenters. The second kappa shape index (κ2) is 5.59. The molecule has 1 unspecified atom stereocenters. The molecule has 0 spiro atoms. The Balaban J connectivity index is 2.38. The Labute approximate surface area is 130 Å². The molecule has 0 bridgehead atoms. The van der Waals surface area contributed by atoms with E-state index in [4.69, 9.17) is 0 Å². The summed E-state index contributed by atoms with van der Waals surface area (Å²) in [5, 5.41) is 0. The SMILES string of the molecule is CC(C)(C)c1cc(CC2CCCC2=O)cc(C(C)(C)C)c1. The maximum atomic E-state index is 11.9. The average molecular weight is 286 g/mol. The van der Waals surface area contributed by atoms with Crippen molar-refractivity contribution < 1.29 is 4.79 Å². The third-order valence-electron chi connectivity index (χ3n) is 4.64. The van der Waals surface area contributed by atoms with E-state index in [1.165, 1.54) is 16.7 Å². The van der Waals surface area contributed by atoms with Gasteiger partial charge < -0.3 is 0 Å². The predicted octanol–water partition coefficient (Wildman–Crippen LogP) is 5.19. The number of Topliss-reactive ketones (excluding diaryl/α,β-unsaturated/α-hetero) is 1. The summed E-state index contributed by atoms with van der Waals surface area (Å²) in [6.07, 6.45) is 3.86. The van der Waals surface area contributed by atoms with E-state index in [9.17, 15) is 4.79 Å². The molecule has 0 aromatic heterocycles. The minimum Gasteiger partial charge on any atom is -0.299 e. The first-order valence-corrected chi connectivity index (χ1v) is 8.25. The smallest absolute Gasteiger partial charge is 0.136 e. The van der Waals surface area contributed by atoms with E-state index in [1.54, 1.807) is 0 Å². The quantitative estimate of drug-likeness (QED) is 0.731. The highest BCUT2D eigenvalue weighted by Crippen LogP contribution is 2.32. The number of carbonyl (C=O) groups excluding carboxylic acids is 1. The number of benzene rings is 1. The van der Waals surface area contributed by atoms with Crippen molar-refractivity contribution >= 4 is 5.78 Å². The van der Waals surface area contributed by atoms with Crippen molar-refractivity contribution in [3.63, 3.8) is 0 Å². The number of ketones is 1. The summed E-state index contributed by atoms with van der Waals surface area (Å²) >= 11 is 0. The van der Waals surface area contributed by atoms with Crippen LogP contribution in [0, 0.1) is 5.92 Å². The number of rotatable bonds is 2. The van der Waals surface area contributed by atoms with Crippen molar-refractivity contribution in [1.82, 2.24) is 0 Å². The third-order valence-corrected chi connectivity index (χ3v) is 4.64. The average Bonchev–Trinajstić information content (AvgIpc) is 2.72. The molecule has 0 aliphatic heterocycles. The van der Waals surface area contributed by atoms with Gasteiger partial charge in [-0.3, -0.25) is 4.79 Å². The molecule has 1 aromatic rings. The molecule has 1 aromatic carbocycles. The molecule has 0 amide bonds. The predicted molar refractivity (Wildman–Crippen MR) is 89.9 cm³/mol. The van der Waals surface area contributed by atoms with Crippen LogP contribution in [0.5, 0.6) is 0 Å². The minimum atomic E-state index is 0.149. The van der Waals surface area contributed by atoms with E-state index >= 15 is 0 Å². The molecule has 116 valence electrons. The largest absolute Gasteiger partial charge is 0.299 e. The highest BCUT2D eigenvalue weighted by atomic mass is 16.1. The third kappa shape index (κ3) is 3.96. The highest BCUT2D eigenvalue weighted by Gasteiger charge is 2.26. The van der Waals surface area contributed by atoms with Crippen molar-refractivity contribution in [3.8, 4) is 0 Å². The first-order chi connectivity index (χ1) is 9.57. The van der Waals surface area contributed by atoms with Gasteiger partial charge in [0.1, 0.15) is 5.78 Å². The van der Waals surface area contributed by atoms with Crippen LogP contribution in [-0.2, 0) is 22.0 Å². The van der Waals surface area contributed by atoms with Crippen molar-refractivity contribution in [1.29, 1.82) is 0 Å². The fourth-order valence-electron chi connectivity index (χ4n) is 3.06. The first-order valence-electron chi connectivity index (χ1n) is 8.25. The van der Waals surface area contributed by atoms with Crippen LogP contribution in [-0.4, -0.2) is 5.78 Å². The maximum Gasteiger partial charge on any atom is 0.136 e. The van der Waals surface area contributed by atoms with E-state index < -0.39 is 0 Å². The van der Waals surface area contributed by atoms with Gasteiger partial charge in [0.05, 0.1) is 0 Å². The lowest BCUT2D eigenvalue weighted by Gasteiger charge is -2.26. The molecular formula is C20H30O. The molecule has 1 heteroatoms. The molecule has 0 saturated heterocycles. The summed E-state index contributed by atoms with van der Waals surface area (Å²) in [4.78, 5) is 11.9. The van der Waals surface area contributed by atoms with E-state index in [0.29, 0.717) is 5.78 Å². The molecule has 1 fully saturated rings. The van der Waals surface area contributed by atoms with Crippen LogP contribution in [0.4, 0.5) is 0 Å². The van der Waals surface area contributed by atoms with Crippen LogP contribution >= 0.6 is 0 Å². The monoisotopic (exact) mass is 286 g/mol. The fourth-order valence-corrected chi connectivity index (χ4v) is 3.06. The lowest BCUT2D eigenvalue weighted by atomic mass is 9.78. The summed E-state index contributed by atoms with van der Waals surface area (Å²) in [5.74, 6) is 0.724. The maximum absolute atomic E-state index is 11.9. The van der Waals surface area contributed by atoms with Gasteiger partial charge in [0.15, 0.2) is 0 Å². The molecule has 0 radical (unpaired) electrons. The summed E-state index contributed by atoms with van der Waals surface area (Å²) in [7, 11) is 0. The lowest BCUT2D eigenvalue weighted by Crippen LogP contribution is -2.18. The summed E-state index contributed by atoms with van der Waals surface area (Å²) in [5.41, 5.74) is 4.41. The minimum absolute atomic E-state index is 0.149. The molecular weight excluding hydrogens is 256 g/mol. The van der Waals surface area contributed by atoms with Crippen molar-refractivity contribution in [2.75, 3.05) is 0 Å². The Hall–Kier alpha value is -1.11. The Kier molecular flexibility index (Phi) is 4.33. The zero-order valence-corrected chi connectivity index (χ0v) is 14.5. The zero-order valence-electron chi connectivity index (χ0n) is 14.5. The van der Waals surface area contributed by atoms with Gasteiger partial charge in [-0.2, -0.15) is 0 Å². The van der Waals surface area contributed by atoms with E-state index in [1.807, 2.05) is 0 Å². The molecule has 21 heavy (non-hydrogen) atoms. The lowest BCUT2D eigenvalue weighted by molar-refractivity contribution is -0.120. The van der Waals surface area contributed by atoms with Gasteiger partial charge in [-0.25, -0.2) is 0 Å². The molecule has 1 nitrogen and oxygen atoms in total. The Morgan fingerprint density at radius 2 is 1.48 bits per heavy atom. The standard InChI is InChI=1S/C20H30O/c1-19(2,3)16-11-14(10-15-8-7-9-18(15)21)12-17(13-16)20(4,5)6/h11-13,15H,7-10H2,1-6H3. The van der Waals surface area contributed by atoms with Crippen LogP contribution in [0.25, 0.3) is 0 Å². The molecule has 0 N–H and O–H groups in total. The highest BCUT2D eigenvalue weighted by molar-refractivity contribution is 5.83. The molecule has 0 heterocycles. The molecule has 1 aliphatic rings. The zero-order chi connectivity index (χ0) is 15.8. The summed E-state index contributed by atoms with van der Waals surface area (Å²) < 4.78 is 0. The second-order valence-corrected chi connectivity index (χ2v) is 8.68. The van der Waals surface area contributed by atoms with Crippen LogP contribution < -0.4 is 0 Å². The van der Waals surface area contributed by atoms with E-state index in [-0.39, 0.29) is 16.7 Å².